The van der Waals surface area contributed by atoms with Gasteiger partial charge in [-0.1, -0.05) is 60.2 Å². The fourth-order valence-electron chi connectivity index (χ4n) is 3.28. The number of rotatable bonds is 4. The molecule has 1 heterocycles. The second-order valence-electron chi connectivity index (χ2n) is 6.80. The van der Waals surface area contributed by atoms with E-state index in [1.165, 1.54) is 16.7 Å². The summed E-state index contributed by atoms with van der Waals surface area (Å²) in [6.45, 7) is 1.87. The van der Waals surface area contributed by atoms with E-state index in [4.69, 9.17) is 4.18 Å². The van der Waals surface area contributed by atoms with E-state index in [1.807, 2.05) is 13.0 Å². The summed E-state index contributed by atoms with van der Waals surface area (Å²) in [6.07, 6.45) is 0. The highest BCUT2D eigenvalue weighted by molar-refractivity contribution is 7.87. The topological polar surface area (TPSA) is 65.4 Å². The molecule has 0 unspecified atom stereocenters. The Bertz CT molecular complexity index is 1360. The molecule has 0 fully saturated rings. The van der Waals surface area contributed by atoms with Crippen LogP contribution in [0.1, 0.15) is 5.56 Å². The van der Waals surface area contributed by atoms with Crippen LogP contribution in [0.15, 0.2) is 88.6 Å². The van der Waals surface area contributed by atoms with Crippen molar-refractivity contribution in [2.45, 2.75) is 11.8 Å². The Balaban J connectivity index is 2.01. The minimum Gasteiger partial charge on any atom is -0.377 e. The number of aromatic nitrogens is 1. The van der Waals surface area contributed by atoms with Crippen LogP contribution in [-0.2, 0) is 17.2 Å². The lowest BCUT2D eigenvalue weighted by Gasteiger charge is -2.16. The van der Waals surface area contributed by atoms with Gasteiger partial charge in [-0.15, -0.1) is 0 Å². The molecular weight excluding hydrogens is 386 g/mol. The van der Waals surface area contributed by atoms with Gasteiger partial charge in [0, 0.05) is 12.4 Å². The van der Waals surface area contributed by atoms with Crippen molar-refractivity contribution < 1.29 is 12.6 Å². The molecule has 4 rings (SSSR count). The first-order chi connectivity index (χ1) is 13.9. The van der Waals surface area contributed by atoms with Gasteiger partial charge in [0.2, 0.25) is 0 Å². The van der Waals surface area contributed by atoms with Crippen LogP contribution in [0.4, 0.5) is 0 Å². The van der Waals surface area contributed by atoms with Crippen LogP contribution in [0.3, 0.4) is 0 Å². The average molecular weight is 405 g/mol. The van der Waals surface area contributed by atoms with Crippen molar-refractivity contribution in [1.82, 2.24) is 4.57 Å². The number of nitrogens with zero attached hydrogens (tertiary/aromatic N) is 1. The summed E-state index contributed by atoms with van der Waals surface area (Å²) in [5, 5.41) is 0.545. The molecule has 146 valence electrons. The van der Waals surface area contributed by atoms with Crippen LogP contribution >= 0.6 is 0 Å². The Kier molecular flexibility index (Phi) is 4.72. The van der Waals surface area contributed by atoms with Crippen molar-refractivity contribution in [2.75, 3.05) is 0 Å². The standard InChI is InChI=1S/C23H19NO4S/c1-16-12-14-18(15-13-16)29(26,27)28-22-19-10-6-7-11-20(19)24(2)23(25)21(22)17-8-4-3-5-9-17/h3-15H,1-2H3. The van der Waals surface area contributed by atoms with E-state index in [0.29, 0.717) is 16.5 Å². The Morgan fingerprint density at radius 1 is 0.828 bits per heavy atom. The lowest BCUT2D eigenvalue weighted by Crippen LogP contribution is -2.22. The summed E-state index contributed by atoms with van der Waals surface area (Å²) in [5.41, 5.74) is 2.00. The van der Waals surface area contributed by atoms with Crippen LogP contribution in [0, 0.1) is 6.92 Å². The van der Waals surface area contributed by atoms with E-state index in [2.05, 4.69) is 0 Å². The fourth-order valence-corrected chi connectivity index (χ4v) is 4.23. The van der Waals surface area contributed by atoms with Crippen LogP contribution in [0.2, 0.25) is 0 Å². The molecule has 3 aromatic carbocycles. The van der Waals surface area contributed by atoms with Crippen molar-refractivity contribution in [2.24, 2.45) is 7.05 Å². The summed E-state index contributed by atoms with van der Waals surface area (Å²) < 4.78 is 33.1. The molecule has 0 spiro atoms. The van der Waals surface area contributed by atoms with Gasteiger partial charge in [0.05, 0.1) is 11.1 Å². The third kappa shape index (κ3) is 3.43. The van der Waals surface area contributed by atoms with Gasteiger partial charge in [0.25, 0.3) is 5.56 Å². The Hall–Kier alpha value is -3.38. The molecule has 0 atom stereocenters. The largest absolute Gasteiger partial charge is 0.377 e. The maximum atomic E-state index is 13.2. The predicted octanol–water partition coefficient (Wildman–Crippen LogP) is 4.28. The van der Waals surface area contributed by atoms with Crippen molar-refractivity contribution in [3.8, 4) is 16.9 Å². The number of pyridine rings is 1. The first kappa shape index (κ1) is 19.0. The summed E-state index contributed by atoms with van der Waals surface area (Å²) in [4.78, 5) is 13.2. The number of hydrogen-bond donors (Lipinski definition) is 0. The summed E-state index contributed by atoms with van der Waals surface area (Å²) in [5.74, 6) is 0.0375. The van der Waals surface area contributed by atoms with Crippen molar-refractivity contribution in [1.29, 1.82) is 0 Å². The van der Waals surface area contributed by atoms with E-state index in [-0.39, 0.29) is 21.8 Å². The highest BCUT2D eigenvalue weighted by atomic mass is 32.2. The summed E-state index contributed by atoms with van der Waals surface area (Å²) >= 11 is 0. The SMILES string of the molecule is Cc1ccc(S(=O)(=O)Oc2c(-c3ccccc3)c(=O)n(C)c3ccccc23)cc1. The Morgan fingerprint density at radius 2 is 1.45 bits per heavy atom. The quantitative estimate of drug-likeness (QED) is 0.475. The van der Waals surface area contributed by atoms with E-state index in [1.54, 1.807) is 67.7 Å². The van der Waals surface area contributed by atoms with E-state index < -0.39 is 10.1 Å². The van der Waals surface area contributed by atoms with Gasteiger partial charge in [-0.25, -0.2) is 0 Å². The van der Waals surface area contributed by atoms with E-state index >= 15 is 0 Å². The van der Waals surface area contributed by atoms with Crippen LogP contribution < -0.4 is 9.74 Å². The third-order valence-electron chi connectivity index (χ3n) is 4.82. The molecule has 0 saturated heterocycles. The molecule has 1 aromatic heterocycles. The average Bonchev–Trinajstić information content (AvgIpc) is 2.73. The maximum absolute atomic E-state index is 13.2. The van der Waals surface area contributed by atoms with Crippen molar-refractivity contribution in [3.05, 3.63) is 94.8 Å². The zero-order chi connectivity index (χ0) is 20.6. The number of para-hydroxylation sites is 1. The van der Waals surface area contributed by atoms with Crippen molar-refractivity contribution >= 4 is 21.0 Å². The van der Waals surface area contributed by atoms with Gasteiger partial charge in [-0.2, -0.15) is 8.42 Å². The molecule has 0 amide bonds. The minimum atomic E-state index is -4.13. The Morgan fingerprint density at radius 3 is 2.14 bits per heavy atom. The fraction of sp³-hybridized carbons (Fsp3) is 0.0870. The normalized spacial score (nSPS) is 11.5. The number of fused-ring (bicyclic) bond motifs is 1. The lowest BCUT2D eigenvalue weighted by atomic mass is 10.0. The van der Waals surface area contributed by atoms with Crippen molar-refractivity contribution in [3.63, 3.8) is 0 Å². The molecule has 4 aromatic rings. The second-order valence-corrected chi connectivity index (χ2v) is 8.35. The van der Waals surface area contributed by atoms with Gasteiger partial charge in [-0.05, 0) is 36.8 Å². The van der Waals surface area contributed by atoms with Gasteiger partial charge < -0.3 is 8.75 Å². The molecule has 0 saturated carbocycles. The molecule has 5 nitrogen and oxygen atoms in total. The zero-order valence-electron chi connectivity index (χ0n) is 16.0. The van der Waals surface area contributed by atoms with Gasteiger partial charge >= 0.3 is 10.1 Å². The monoisotopic (exact) mass is 405 g/mol. The van der Waals surface area contributed by atoms with Gasteiger partial charge in [-0.3, -0.25) is 4.79 Å². The molecule has 6 heteroatoms. The number of hydrogen-bond acceptors (Lipinski definition) is 4. The molecule has 0 radical (unpaired) electrons. The van der Waals surface area contributed by atoms with Gasteiger partial charge in [0.1, 0.15) is 4.90 Å². The molecule has 0 aliphatic rings. The third-order valence-corrected chi connectivity index (χ3v) is 6.06. The van der Waals surface area contributed by atoms with Crippen LogP contribution in [0.25, 0.3) is 22.0 Å². The maximum Gasteiger partial charge on any atom is 0.339 e. The first-order valence-electron chi connectivity index (χ1n) is 9.07. The zero-order valence-corrected chi connectivity index (χ0v) is 16.8. The molecule has 0 bridgehead atoms. The van der Waals surface area contributed by atoms with E-state index in [0.717, 1.165) is 5.56 Å². The Labute approximate surface area is 168 Å². The lowest BCUT2D eigenvalue weighted by molar-refractivity contribution is 0.488. The molecule has 0 aliphatic carbocycles. The van der Waals surface area contributed by atoms with Gasteiger partial charge in [0.15, 0.2) is 5.75 Å². The smallest absolute Gasteiger partial charge is 0.339 e. The highest BCUT2D eigenvalue weighted by Crippen LogP contribution is 2.35. The highest BCUT2D eigenvalue weighted by Gasteiger charge is 2.24. The number of benzene rings is 3. The summed E-state index contributed by atoms with van der Waals surface area (Å²) in [7, 11) is -2.47. The predicted molar refractivity (Wildman–Crippen MR) is 114 cm³/mol. The van der Waals surface area contributed by atoms with E-state index in [9.17, 15) is 13.2 Å². The second kappa shape index (κ2) is 7.22. The molecule has 29 heavy (non-hydrogen) atoms. The molecular formula is C23H19NO4S. The van der Waals surface area contributed by atoms with Crippen LogP contribution in [-0.4, -0.2) is 13.0 Å². The first-order valence-corrected chi connectivity index (χ1v) is 10.5. The minimum absolute atomic E-state index is 0.0341. The number of aryl methyl sites for hydroxylation is 2. The van der Waals surface area contributed by atoms with Crippen LogP contribution in [0.5, 0.6) is 5.75 Å². The molecule has 0 aliphatic heterocycles. The summed E-state index contributed by atoms with van der Waals surface area (Å²) in [6, 6.07) is 22.4. The molecule has 0 N–H and O–H groups in total.